The molecule has 2 atom stereocenters. The molecule has 1 aliphatic rings. The maximum atomic E-state index is 12.2. The fourth-order valence-corrected chi connectivity index (χ4v) is 3.36. The zero-order valence-electron chi connectivity index (χ0n) is 14.4. The number of carboxylic acid groups (broad SMARTS) is 1. The van der Waals surface area contributed by atoms with Crippen molar-refractivity contribution in [1.29, 1.82) is 0 Å². The van der Waals surface area contributed by atoms with Gasteiger partial charge in [-0.3, -0.25) is 14.4 Å². The molecule has 3 N–H and O–H groups in total. The van der Waals surface area contributed by atoms with E-state index in [2.05, 4.69) is 10.6 Å². The highest BCUT2D eigenvalue weighted by molar-refractivity contribution is 5.98. The molecular weight excluding hydrogens is 332 g/mol. The molecule has 0 bridgehead atoms. The number of amides is 2. The average Bonchev–Trinajstić information content (AvgIpc) is 3.10. The predicted molar refractivity (Wildman–Crippen MR) is 97.8 cm³/mol. The second kappa shape index (κ2) is 7.99. The van der Waals surface area contributed by atoms with Gasteiger partial charge in [0, 0.05) is 24.6 Å². The Balaban J connectivity index is 1.44. The largest absolute Gasteiger partial charge is 0.481 e. The molecule has 26 heavy (non-hydrogen) atoms. The molecular formula is C20H22N2O4. The highest BCUT2D eigenvalue weighted by Gasteiger charge is 2.30. The number of hydrogen-bond acceptors (Lipinski definition) is 3. The summed E-state index contributed by atoms with van der Waals surface area (Å²) in [6, 6.07) is 13.2. The van der Waals surface area contributed by atoms with Crippen molar-refractivity contribution in [2.24, 2.45) is 5.92 Å². The summed E-state index contributed by atoms with van der Waals surface area (Å²) in [6.45, 7) is 0.243. The summed E-state index contributed by atoms with van der Waals surface area (Å²) in [5, 5.41) is 16.6. The van der Waals surface area contributed by atoms with E-state index in [4.69, 9.17) is 5.11 Å². The molecule has 0 saturated heterocycles. The molecule has 0 aliphatic heterocycles. The summed E-state index contributed by atoms with van der Waals surface area (Å²) < 4.78 is 0. The molecule has 0 unspecified atom stereocenters. The molecule has 1 fully saturated rings. The Hall–Kier alpha value is -2.89. The number of fused-ring (bicyclic) bond motifs is 1. The Kier molecular flexibility index (Phi) is 5.51. The summed E-state index contributed by atoms with van der Waals surface area (Å²) in [5.41, 5.74) is 0.559. The molecule has 6 nitrogen and oxygen atoms in total. The number of rotatable bonds is 6. The van der Waals surface area contributed by atoms with Crippen LogP contribution in [0.3, 0.4) is 0 Å². The van der Waals surface area contributed by atoms with Gasteiger partial charge in [0.25, 0.3) is 5.91 Å². The summed E-state index contributed by atoms with van der Waals surface area (Å²) in [5.74, 6) is -1.55. The zero-order valence-corrected chi connectivity index (χ0v) is 14.4. The lowest BCUT2D eigenvalue weighted by Crippen LogP contribution is -2.36. The summed E-state index contributed by atoms with van der Waals surface area (Å²) in [7, 11) is 0. The molecule has 0 radical (unpaired) electrons. The third kappa shape index (κ3) is 4.39. The van der Waals surface area contributed by atoms with Crippen LogP contribution in [0.4, 0.5) is 0 Å². The van der Waals surface area contributed by atoms with Gasteiger partial charge in [0.15, 0.2) is 0 Å². The van der Waals surface area contributed by atoms with Gasteiger partial charge in [-0.2, -0.15) is 0 Å². The standard InChI is InChI=1S/C20H22N2O4/c23-18(22-17-8-7-16(12-17)20(25)26)9-10-21-19(24)15-6-5-13-3-1-2-4-14(13)11-15/h1-6,11,16-17H,7-10,12H2,(H,21,24)(H,22,23)(H,25,26)/t16-,17+/m1/s1. The molecule has 0 heterocycles. The Labute approximate surface area is 151 Å². The first-order chi connectivity index (χ1) is 12.5. The number of carbonyl (C=O) groups is 3. The normalized spacial score (nSPS) is 19.2. The first-order valence-corrected chi connectivity index (χ1v) is 8.82. The Morgan fingerprint density at radius 2 is 1.81 bits per heavy atom. The predicted octanol–water partition coefficient (Wildman–Crippen LogP) is 2.33. The van der Waals surface area contributed by atoms with Crippen molar-refractivity contribution < 1.29 is 19.5 Å². The van der Waals surface area contributed by atoms with E-state index in [-0.39, 0.29) is 36.7 Å². The van der Waals surface area contributed by atoms with Gasteiger partial charge in [-0.25, -0.2) is 0 Å². The minimum atomic E-state index is -0.801. The molecule has 0 spiro atoms. The zero-order chi connectivity index (χ0) is 18.5. The minimum Gasteiger partial charge on any atom is -0.481 e. The van der Waals surface area contributed by atoms with Crippen LogP contribution in [0.5, 0.6) is 0 Å². The van der Waals surface area contributed by atoms with Crippen LogP contribution in [0.1, 0.15) is 36.0 Å². The SMILES string of the molecule is O=C(CCNC(=O)c1ccc2ccccc2c1)N[C@H]1CC[C@@H](C(=O)O)C1. The first-order valence-electron chi connectivity index (χ1n) is 8.82. The third-order valence-corrected chi connectivity index (χ3v) is 4.80. The lowest BCUT2D eigenvalue weighted by Gasteiger charge is -2.12. The van der Waals surface area contributed by atoms with Crippen molar-refractivity contribution in [2.75, 3.05) is 6.54 Å². The maximum Gasteiger partial charge on any atom is 0.306 e. The van der Waals surface area contributed by atoms with E-state index in [0.29, 0.717) is 24.8 Å². The monoisotopic (exact) mass is 354 g/mol. The molecule has 1 saturated carbocycles. The van der Waals surface area contributed by atoms with Crippen LogP contribution in [0.25, 0.3) is 10.8 Å². The van der Waals surface area contributed by atoms with E-state index in [1.807, 2.05) is 36.4 Å². The van der Waals surface area contributed by atoms with Crippen LogP contribution in [0.15, 0.2) is 42.5 Å². The minimum absolute atomic E-state index is 0.0835. The van der Waals surface area contributed by atoms with Crippen molar-refractivity contribution in [3.05, 3.63) is 48.0 Å². The fraction of sp³-hybridized carbons (Fsp3) is 0.350. The number of carbonyl (C=O) groups excluding carboxylic acids is 2. The first kappa shape index (κ1) is 17.9. The average molecular weight is 354 g/mol. The second-order valence-corrected chi connectivity index (χ2v) is 6.68. The van der Waals surface area contributed by atoms with E-state index < -0.39 is 5.97 Å². The molecule has 0 aromatic heterocycles. The topological polar surface area (TPSA) is 95.5 Å². The summed E-state index contributed by atoms with van der Waals surface area (Å²) in [6.07, 6.45) is 1.93. The number of carboxylic acids is 1. The van der Waals surface area contributed by atoms with E-state index in [1.165, 1.54) is 0 Å². The lowest BCUT2D eigenvalue weighted by molar-refractivity contribution is -0.141. The Bertz CT molecular complexity index is 833. The fourth-order valence-electron chi connectivity index (χ4n) is 3.36. The van der Waals surface area contributed by atoms with Gasteiger partial charge in [-0.1, -0.05) is 30.3 Å². The van der Waals surface area contributed by atoms with Gasteiger partial charge in [0.2, 0.25) is 5.91 Å². The van der Waals surface area contributed by atoms with Crippen LogP contribution in [-0.4, -0.2) is 35.5 Å². The van der Waals surface area contributed by atoms with E-state index in [0.717, 1.165) is 10.8 Å². The van der Waals surface area contributed by atoms with Crippen molar-refractivity contribution in [3.63, 3.8) is 0 Å². The second-order valence-electron chi connectivity index (χ2n) is 6.68. The maximum absolute atomic E-state index is 12.2. The van der Waals surface area contributed by atoms with Crippen LogP contribution >= 0.6 is 0 Å². The van der Waals surface area contributed by atoms with Crippen LogP contribution in [-0.2, 0) is 9.59 Å². The molecule has 6 heteroatoms. The quantitative estimate of drug-likeness (QED) is 0.742. The van der Waals surface area contributed by atoms with Gasteiger partial charge < -0.3 is 15.7 Å². The molecule has 2 amide bonds. The van der Waals surface area contributed by atoms with E-state index in [9.17, 15) is 14.4 Å². The number of benzene rings is 2. The van der Waals surface area contributed by atoms with Crippen molar-refractivity contribution >= 4 is 28.6 Å². The Morgan fingerprint density at radius 1 is 1.04 bits per heavy atom. The molecule has 2 aromatic rings. The van der Waals surface area contributed by atoms with Crippen molar-refractivity contribution in [2.45, 2.75) is 31.7 Å². The van der Waals surface area contributed by atoms with E-state index in [1.54, 1.807) is 6.07 Å². The highest BCUT2D eigenvalue weighted by Crippen LogP contribution is 2.25. The van der Waals surface area contributed by atoms with E-state index >= 15 is 0 Å². The smallest absolute Gasteiger partial charge is 0.306 e. The van der Waals surface area contributed by atoms with Crippen molar-refractivity contribution in [3.8, 4) is 0 Å². The lowest BCUT2D eigenvalue weighted by atomic mass is 10.1. The van der Waals surface area contributed by atoms with Crippen LogP contribution in [0, 0.1) is 5.92 Å². The van der Waals surface area contributed by atoms with Gasteiger partial charge in [0.05, 0.1) is 5.92 Å². The Morgan fingerprint density at radius 3 is 2.54 bits per heavy atom. The summed E-state index contributed by atoms with van der Waals surface area (Å²) >= 11 is 0. The highest BCUT2D eigenvalue weighted by atomic mass is 16.4. The molecule has 3 rings (SSSR count). The number of nitrogens with one attached hydrogen (secondary N) is 2. The molecule has 136 valence electrons. The molecule has 2 aromatic carbocycles. The van der Waals surface area contributed by atoms with Gasteiger partial charge >= 0.3 is 5.97 Å². The van der Waals surface area contributed by atoms with Crippen molar-refractivity contribution in [1.82, 2.24) is 10.6 Å². The van der Waals surface area contributed by atoms with Gasteiger partial charge in [0.1, 0.15) is 0 Å². The number of aliphatic carboxylic acids is 1. The van der Waals surface area contributed by atoms with Crippen LogP contribution in [0.2, 0.25) is 0 Å². The summed E-state index contributed by atoms with van der Waals surface area (Å²) in [4.78, 5) is 35.1. The van der Waals surface area contributed by atoms with Gasteiger partial charge in [-0.05, 0) is 42.2 Å². The number of hydrogen-bond donors (Lipinski definition) is 3. The van der Waals surface area contributed by atoms with Gasteiger partial charge in [-0.15, -0.1) is 0 Å². The molecule has 1 aliphatic carbocycles. The third-order valence-electron chi connectivity index (χ3n) is 4.80. The van der Waals surface area contributed by atoms with Crippen LogP contribution < -0.4 is 10.6 Å².